The highest BCUT2D eigenvalue weighted by molar-refractivity contribution is 5.62. The van der Waals surface area contributed by atoms with Crippen LogP contribution >= 0.6 is 0 Å². The SMILES string of the molecule is CCO[C@H]1O[C@@H]([C@@H]2COC(=O)O2)[C@@H](O)[C@@H]1O. The summed E-state index contributed by atoms with van der Waals surface area (Å²) in [7, 11) is 0. The summed E-state index contributed by atoms with van der Waals surface area (Å²) in [6, 6.07) is 0. The second-order valence-corrected chi connectivity index (χ2v) is 3.62. The van der Waals surface area contributed by atoms with Gasteiger partial charge in [-0.25, -0.2) is 4.79 Å². The first-order chi connectivity index (χ1) is 7.63. The van der Waals surface area contributed by atoms with Crippen molar-refractivity contribution in [1.29, 1.82) is 0 Å². The average molecular weight is 234 g/mol. The first kappa shape index (κ1) is 11.6. The van der Waals surface area contributed by atoms with E-state index in [1.54, 1.807) is 6.92 Å². The Morgan fingerprint density at radius 2 is 2.19 bits per heavy atom. The molecule has 0 bridgehead atoms. The molecule has 2 aliphatic heterocycles. The molecule has 0 aromatic rings. The first-order valence-electron chi connectivity index (χ1n) is 5.10. The van der Waals surface area contributed by atoms with E-state index in [1.807, 2.05) is 0 Å². The zero-order valence-corrected chi connectivity index (χ0v) is 8.74. The molecule has 2 fully saturated rings. The lowest BCUT2D eigenvalue weighted by Crippen LogP contribution is -2.40. The smallest absolute Gasteiger partial charge is 0.430 e. The van der Waals surface area contributed by atoms with E-state index in [0.717, 1.165) is 0 Å². The molecule has 0 spiro atoms. The summed E-state index contributed by atoms with van der Waals surface area (Å²) in [4.78, 5) is 10.7. The molecule has 2 rings (SSSR count). The van der Waals surface area contributed by atoms with Crippen molar-refractivity contribution >= 4 is 6.16 Å². The van der Waals surface area contributed by atoms with Crippen LogP contribution in [0.25, 0.3) is 0 Å². The van der Waals surface area contributed by atoms with Gasteiger partial charge in [-0.3, -0.25) is 0 Å². The first-order valence-corrected chi connectivity index (χ1v) is 5.10. The van der Waals surface area contributed by atoms with Gasteiger partial charge in [0.1, 0.15) is 24.9 Å². The molecule has 2 aliphatic rings. The van der Waals surface area contributed by atoms with Gasteiger partial charge in [-0.15, -0.1) is 0 Å². The quantitative estimate of drug-likeness (QED) is 0.605. The number of cyclic esters (lactones) is 2. The number of carbonyl (C=O) groups is 1. The summed E-state index contributed by atoms with van der Waals surface area (Å²) in [5, 5.41) is 19.3. The summed E-state index contributed by atoms with van der Waals surface area (Å²) in [5.41, 5.74) is 0. The van der Waals surface area contributed by atoms with Gasteiger partial charge in [0.15, 0.2) is 12.4 Å². The van der Waals surface area contributed by atoms with Crippen LogP contribution in [0, 0.1) is 0 Å². The maximum atomic E-state index is 10.7. The highest BCUT2D eigenvalue weighted by Gasteiger charge is 2.50. The molecule has 0 aliphatic carbocycles. The molecular weight excluding hydrogens is 220 g/mol. The standard InChI is InChI=1S/C9H14O7/c1-2-13-8-6(11)5(10)7(16-8)4-3-14-9(12)15-4/h4-8,10-11H,2-3H2,1H3/t4-,5-,6-,7-,8-/m0/s1. The minimum atomic E-state index is -1.16. The molecule has 0 aromatic carbocycles. The van der Waals surface area contributed by atoms with E-state index in [4.69, 9.17) is 14.2 Å². The van der Waals surface area contributed by atoms with Crippen molar-refractivity contribution in [3.63, 3.8) is 0 Å². The van der Waals surface area contributed by atoms with Crippen LogP contribution in [-0.2, 0) is 18.9 Å². The van der Waals surface area contributed by atoms with Crippen LogP contribution < -0.4 is 0 Å². The fraction of sp³-hybridized carbons (Fsp3) is 0.889. The van der Waals surface area contributed by atoms with Crippen molar-refractivity contribution in [3.05, 3.63) is 0 Å². The van der Waals surface area contributed by atoms with E-state index in [9.17, 15) is 15.0 Å². The molecule has 0 unspecified atom stereocenters. The maximum Gasteiger partial charge on any atom is 0.508 e. The molecule has 16 heavy (non-hydrogen) atoms. The Labute approximate surface area is 91.9 Å². The second kappa shape index (κ2) is 4.54. The lowest BCUT2D eigenvalue weighted by atomic mass is 10.1. The molecule has 7 heteroatoms. The number of rotatable bonds is 3. The second-order valence-electron chi connectivity index (χ2n) is 3.62. The van der Waals surface area contributed by atoms with E-state index < -0.39 is 36.9 Å². The van der Waals surface area contributed by atoms with E-state index in [-0.39, 0.29) is 6.61 Å². The zero-order chi connectivity index (χ0) is 11.7. The third kappa shape index (κ3) is 1.99. The Morgan fingerprint density at radius 1 is 1.44 bits per heavy atom. The average Bonchev–Trinajstić information content (AvgIpc) is 2.78. The predicted molar refractivity (Wildman–Crippen MR) is 48.5 cm³/mol. The Bertz CT molecular complexity index is 269. The molecule has 7 nitrogen and oxygen atoms in total. The molecular formula is C9H14O7. The highest BCUT2D eigenvalue weighted by atomic mass is 16.8. The summed E-state index contributed by atoms with van der Waals surface area (Å²) in [6.07, 6.45) is -5.53. The number of hydrogen-bond acceptors (Lipinski definition) is 7. The molecule has 92 valence electrons. The van der Waals surface area contributed by atoms with Crippen molar-refractivity contribution in [2.45, 2.75) is 37.6 Å². The van der Waals surface area contributed by atoms with Crippen LogP contribution in [0.5, 0.6) is 0 Å². The summed E-state index contributed by atoms with van der Waals surface area (Å²) < 4.78 is 19.7. The van der Waals surface area contributed by atoms with Crippen LogP contribution in [0.1, 0.15) is 6.92 Å². The number of hydrogen-bond donors (Lipinski definition) is 2. The third-order valence-corrected chi connectivity index (χ3v) is 2.57. The number of aliphatic hydroxyl groups is 2. The van der Waals surface area contributed by atoms with Gasteiger partial charge < -0.3 is 29.2 Å². The van der Waals surface area contributed by atoms with Crippen LogP contribution in [-0.4, -0.2) is 60.3 Å². The summed E-state index contributed by atoms with van der Waals surface area (Å²) in [6.45, 7) is 2.10. The van der Waals surface area contributed by atoms with Crippen LogP contribution in [0.3, 0.4) is 0 Å². The minimum absolute atomic E-state index is 0.00608. The van der Waals surface area contributed by atoms with Gasteiger partial charge in [-0.1, -0.05) is 0 Å². The number of carbonyl (C=O) groups excluding carboxylic acids is 1. The predicted octanol–water partition coefficient (Wildman–Crippen LogP) is -0.995. The van der Waals surface area contributed by atoms with Crippen molar-refractivity contribution in [2.75, 3.05) is 13.2 Å². The van der Waals surface area contributed by atoms with Crippen LogP contribution in [0.2, 0.25) is 0 Å². The molecule has 5 atom stereocenters. The Hall–Kier alpha value is -0.890. The van der Waals surface area contributed by atoms with Crippen molar-refractivity contribution in [2.24, 2.45) is 0 Å². The van der Waals surface area contributed by atoms with E-state index >= 15 is 0 Å². The molecule has 0 aromatic heterocycles. The lowest BCUT2D eigenvalue weighted by molar-refractivity contribution is -0.172. The van der Waals surface area contributed by atoms with Gasteiger partial charge >= 0.3 is 6.16 Å². The minimum Gasteiger partial charge on any atom is -0.430 e. The van der Waals surface area contributed by atoms with Gasteiger partial charge in [0.25, 0.3) is 0 Å². The lowest BCUT2D eigenvalue weighted by Gasteiger charge is -2.17. The fourth-order valence-electron chi connectivity index (χ4n) is 1.78. The normalized spacial score (nSPS) is 43.2. The Morgan fingerprint density at radius 3 is 2.75 bits per heavy atom. The van der Waals surface area contributed by atoms with E-state index in [1.165, 1.54) is 0 Å². The van der Waals surface area contributed by atoms with Crippen molar-refractivity contribution in [1.82, 2.24) is 0 Å². The number of ether oxygens (including phenoxy) is 4. The van der Waals surface area contributed by atoms with Crippen molar-refractivity contribution in [3.8, 4) is 0 Å². The van der Waals surface area contributed by atoms with E-state index in [2.05, 4.69) is 4.74 Å². The summed E-state index contributed by atoms with van der Waals surface area (Å²) in [5.74, 6) is 0. The monoisotopic (exact) mass is 234 g/mol. The molecule has 2 N–H and O–H groups in total. The molecule has 0 radical (unpaired) electrons. The van der Waals surface area contributed by atoms with Gasteiger partial charge in [-0.05, 0) is 6.92 Å². The molecule has 0 amide bonds. The summed E-state index contributed by atoms with van der Waals surface area (Å²) >= 11 is 0. The molecule has 2 heterocycles. The van der Waals surface area contributed by atoms with E-state index in [0.29, 0.717) is 6.61 Å². The van der Waals surface area contributed by atoms with Gasteiger partial charge in [-0.2, -0.15) is 0 Å². The van der Waals surface area contributed by atoms with Crippen LogP contribution in [0.15, 0.2) is 0 Å². The Balaban J connectivity index is 1.98. The molecule has 2 saturated heterocycles. The Kier molecular flexibility index (Phi) is 3.29. The van der Waals surface area contributed by atoms with Gasteiger partial charge in [0.2, 0.25) is 0 Å². The largest absolute Gasteiger partial charge is 0.508 e. The zero-order valence-electron chi connectivity index (χ0n) is 8.74. The van der Waals surface area contributed by atoms with Crippen LogP contribution in [0.4, 0.5) is 4.79 Å². The molecule has 0 saturated carbocycles. The number of aliphatic hydroxyl groups excluding tert-OH is 2. The van der Waals surface area contributed by atoms with Gasteiger partial charge in [0, 0.05) is 6.61 Å². The highest BCUT2D eigenvalue weighted by Crippen LogP contribution is 2.27. The van der Waals surface area contributed by atoms with Gasteiger partial charge in [0.05, 0.1) is 0 Å². The fourth-order valence-corrected chi connectivity index (χ4v) is 1.78. The topological polar surface area (TPSA) is 94.5 Å². The third-order valence-electron chi connectivity index (χ3n) is 2.57. The maximum absolute atomic E-state index is 10.7. The van der Waals surface area contributed by atoms with Crippen molar-refractivity contribution < 1.29 is 34.0 Å².